The summed E-state index contributed by atoms with van der Waals surface area (Å²) >= 11 is 1.65. The van der Waals surface area contributed by atoms with E-state index in [1.54, 1.807) is 18.4 Å². The van der Waals surface area contributed by atoms with E-state index in [2.05, 4.69) is 29.4 Å². The lowest BCUT2D eigenvalue weighted by Gasteiger charge is -2.13. The van der Waals surface area contributed by atoms with Gasteiger partial charge in [-0.05, 0) is 44.5 Å². The number of ether oxygens (including phenoxy) is 1. The highest BCUT2D eigenvalue weighted by atomic mass is 32.1. The predicted molar refractivity (Wildman–Crippen MR) is 141 cm³/mol. The number of anilines is 1. The molecule has 2 aromatic heterocycles. The number of aliphatic imine (C=N–C) groups is 1. The first kappa shape index (κ1) is 23.7. The van der Waals surface area contributed by atoms with Crippen molar-refractivity contribution in [2.75, 3.05) is 12.4 Å². The van der Waals surface area contributed by atoms with Crippen molar-refractivity contribution < 1.29 is 14.6 Å². The van der Waals surface area contributed by atoms with Crippen molar-refractivity contribution in [1.82, 2.24) is 14.8 Å². The molecule has 0 spiro atoms. The molecule has 1 atom stereocenters. The van der Waals surface area contributed by atoms with Gasteiger partial charge in [0, 0.05) is 33.8 Å². The minimum Gasteiger partial charge on any atom is -0.496 e. The number of aryl methyl sites for hydroxylation is 2. The number of aromatic nitrogens is 3. The van der Waals surface area contributed by atoms with E-state index in [0.29, 0.717) is 12.4 Å². The SMILES string of the molecule is COc1ccccc1CNc1ccc(C2=N[C@@H](CC(=O)O)c3nnc(C)n3-c3sc(C)c(C)c32)cc1. The Morgan fingerprint density at radius 2 is 1.86 bits per heavy atom. The first-order valence-corrected chi connectivity index (χ1v) is 12.5. The van der Waals surface area contributed by atoms with Crippen LogP contribution in [-0.2, 0) is 11.3 Å². The first-order chi connectivity index (χ1) is 17.4. The number of para-hydroxylation sites is 1. The largest absolute Gasteiger partial charge is 0.496 e. The Morgan fingerprint density at radius 3 is 2.58 bits per heavy atom. The molecule has 9 heteroatoms. The second-order valence-electron chi connectivity index (χ2n) is 8.74. The zero-order valence-corrected chi connectivity index (χ0v) is 21.4. The number of carbonyl (C=O) groups is 1. The van der Waals surface area contributed by atoms with Gasteiger partial charge in [0.15, 0.2) is 5.82 Å². The lowest BCUT2D eigenvalue weighted by Crippen LogP contribution is -2.10. The maximum absolute atomic E-state index is 11.7. The summed E-state index contributed by atoms with van der Waals surface area (Å²) in [6, 6.07) is 15.4. The van der Waals surface area contributed by atoms with Crippen molar-refractivity contribution in [3.05, 3.63) is 87.3 Å². The molecule has 1 aliphatic heterocycles. The Kier molecular flexibility index (Phi) is 6.32. The number of nitrogens with zero attached hydrogens (tertiary/aromatic N) is 4. The molecular weight excluding hydrogens is 474 g/mol. The van der Waals surface area contributed by atoms with E-state index in [4.69, 9.17) is 9.73 Å². The summed E-state index contributed by atoms with van der Waals surface area (Å²) < 4.78 is 7.41. The number of hydrogen-bond donors (Lipinski definition) is 2. The van der Waals surface area contributed by atoms with Crippen LogP contribution in [0.2, 0.25) is 0 Å². The molecule has 0 unspecified atom stereocenters. The number of carboxylic acid groups (broad SMARTS) is 1. The molecule has 0 bridgehead atoms. The predicted octanol–water partition coefficient (Wildman–Crippen LogP) is 5.24. The van der Waals surface area contributed by atoms with Crippen LogP contribution in [0.5, 0.6) is 5.75 Å². The molecule has 0 fully saturated rings. The Bertz CT molecular complexity index is 1470. The number of aliphatic carboxylic acids is 1. The van der Waals surface area contributed by atoms with Crippen molar-refractivity contribution in [2.24, 2.45) is 4.99 Å². The lowest BCUT2D eigenvalue weighted by molar-refractivity contribution is -0.137. The van der Waals surface area contributed by atoms with Crippen molar-refractivity contribution in [3.8, 4) is 10.8 Å². The second kappa shape index (κ2) is 9.58. The fourth-order valence-corrected chi connectivity index (χ4v) is 5.70. The van der Waals surface area contributed by atoms with Crippen molar-refractivity contribution in [2.45, 2.75) is 39.8 Å². The van der Waals surface area contributed by atoms with E-state index in [0.717, 1.165) is 50.2 Å². The van der Waals surface area contributed by atoms with E-state index in [9.17, 15) is 9.90 Å². The molecule has 2 aromatic carbocycles. The Hall–Kier alpha value is -3.98. The van der Waals surface area contributed by atoms with Crippen LogP contribution < -0.4 is 10.1 Å². The number of carboxylic acids is 1. The van der Waals surface area contributed by atoms with Crippen LogP contribution in [0.3, 0.4) is 0 Å². The van der Waals surface area contributed by atoms with Crippen molar-refractivity contribution in [3.63, 3.8) is 0 Å². The zero-order valence-electron chi connectivity index (χ0n) is 20.6. The minimum atomic E-state index is -0.927. The van der Waals surface area contributed by atoms with Gasteiger partial charge in [-0.25, -0.2) is 0 Å². The Balaban J connectivity index is 1.53. The molecule has 0 amide bonds. The number of rotatable bonds is 7. The van der Waals surface area contributed by atoms with Gasteiger partial charge < -0.3 is 15.2 Å². The lowest BCUT2D eigenvalue weighted by atomic mass is 9.99. The van der Waals surface area contributed by atoms with Crippen LogP contribution in [0.25, 0.3) is 5.00 Å². The summed E-state index contributed by atoms with van der Waals surface area (Å²) in [6.07, 6.45) is -0.160. The molecule has 0 saturated heterocycles. The van der Waals surface area contributed by atoms with E-state index in [-0.39, 0.29) is 6.42 Å². The van der Waals surface area contributed by atoms with Crippen LogP contribution >= 0.6 is 11.3 Å². The fourth-order valence-electron chi connectivity index (χ4n) is 4.48. The molecular formula is C27H27N5O3S. The molecule has 2 N–H and O–H groups in total. The first-order valence-electron chi connectivity index (χ1n) is 11.7. The third kappa shape index (κ3) is 4.26. The third-order valence-corrected chi connectivity index (χ3v) is 7.63. The van der Waals surface area contributed by atoms with Gasteiger partial charge in [0.2, 0.25) is 0 Å². The van der Waals surface area contributed by atoms with Crippen LogP contribution in [0.1, 0.15) is 51.2 Å². The number of methoxy groups -OCH3 is 1. The van der Waals surface area contributed by atoms with Crippen LogP contribution in [0.15, 0.2) is 53.5 Å². The van der Waals surface area contributed by atoms with Gasteiger partial charge in [0.05, 0.1) is 19.2 Å². The molecule has 1 aliphatic rings. The van der Waals surface area contributed by atoms with Gasteiger partial charge in [-0.1, -0.05) is 30.3 Å². The number of fused-ring (bicyclic) bond motifs is 3. The summed E-state index contributed by atoms with van der Waals surface area (Å²) in [5, 5.41) is 22.6. The summed E-state index contributed by atoms with van der Waals surface area (Å²) in [7, 11) is 1.67. The fraction of sp³-hybridized carbons (Fsp3) is 0.259. The molecule has 0 aliphatic carbocycles. The molecule has 4 aromatic rings. The number of nitrogens with one attached hydrogen (secondary N) is 1. The average molecular weight is 502 g/mol. The molecule has 184 valence electrons. The van der Waals surface area contributed by atoms with Crippen LogP contribution in [0, 0.1) is 20.8 Å². The van der Waals surface area contributed by atoms with E-state index < -0.39 is 12.0 Å². The quantitative estimate of drug-likeness (QED) is 0.359. The minimum absolute atomic E-state index is 0.160. The van der Waals surface area contributed by atoms with Crippen molar-refractivity contribution in [1.29, 1.82) is 0 Å². The standard InChI is InChI=1S/C27H27N5O3S/c1-15-16(2)36-27-24(15)25(29-21(13-23(33)34)26-31-30-17(3)32(26)27)18-9-11-20(12-10-18)28-14-19-7-5-6-8-22(19)35-4/h5-12,21,28H,13-14H2,1-4H3,(H,33,34)/t21-/m0/s1. The van der Waals surface area contributed by atoms with Gasteiger partial charge in [-0.2, -0.15) is 0 Å². The highest BCUT2D eigenvalue weighted by Crippen LogP contribution is 2.39. The molecule has 0 saturated carbocycles. The van der Waals surface area contributed by atoms with Gasteiger partial charge in [-0.15, -0.1) is 21.5 Å². The monoisotopic (exact) mass is 501 g/mol. The Labute approximate surface area is 213 Å². The average Bonchev–Trinajstić information content (AvgIpc) is 3.35. The van der Waals surface area contributed by atoms with Gasteiger partial charge in [0.25, 0.3) is 0 Å². The van der Waals surface area contributed by atoms with Crippen LogP contribution in [-0.4, -0.2) is 38.7 Å². The van der Waals surface area contributed by atoms with Gasteiger partial charge in [0.1, 0.15) is 22.6 Å². The summed E-state index contributed by atoms with van der Waals surface area (Å²) in [6.45, 7) is 6.69. The van der Waals surface area contributed by atoms with Crippen molar-refractivity contribution >= 4 is 28.7 Å². The number of thiophene rings is 1. The molecule has 36 heavy (non-hydrogen) atoms. The molecule has 5 rings (SSSR count). The Morgan fingerprint density at radius 1 is 1.11 bits per heavy atom. The highest BCUT2D eigenvalue weighted by molar-refractivity contribution is 7.15. The number of hydrogen-bond acceptors (Lipinski definition) is 7. The maximum atomic E-state index is 11.7. The van der Waals surface area contributed by atoms with Crippen LogP contribution in [0.4, 0.5) is 5.69 Å². The van der Waals surface area contributed by atoms with E-state index in [1.807, 2.05) is 60.0 Å². The normalized spacial score (nSPS) is 14.4. The topological polar surface area (TPSA) is 102 Å². The third-order valence-electron chi connectivity index (χ3n) is 6.44. The highest BCUT2D eigenvalue weighted by Gasteiger charge is 2.32. The number of benzene rings is 2. The smallest absolute Gasteiger partial charge is 0.306 e. The van der Waals surface area contributed by atoms with E-state index >= 15 is 0 Å². The summed E-state index contributed by atoms with van der Waals surface area (Å²) in [5.74, 6) is 1.19. The molecule has 3 heterocycles. The summed E-state index contributed by atoms with van der Waals surface area (Å²) in [5.41, 5.74) is 5.87. The summed E-state index contributed by atoms with van der Waals surface area (Å²) in [4.78, 5) is 17.9. The van der Waals surface area contributed by atoms with Gasteiger partial charge >= 0.3 is 5.97 Å². The van der Waals surface area contributed by atoms with E-state index in [1.165, 1.54) is 4.88 Å². The maximum Gasteiger partial charge on any atom is 0.306 e. The van der Waals surface area contributed by atoms with Gasteiger partial charge in [-0.3, -0.25) is 14.4 Å². The second-order valence-corrected chi connectivity index (χ2v) is 9.94. The molecule has 8 nitrogen and oxygen atoms in total. The zero-order chi connectivity index (χ0) is 25.4. The molecule has 0 radical (unpaired) electrons.